The van der Waals surface area contributed by atoms with E-state index in [1.165, 1.54) is 0 Å². The summed E-state index contributed by atoms with van der Waals surface area (Å²) < 4.78 is 0.916. The average molecular weight is 488 g/mol. The zero-order chi connectivity index (χ0) is 22.1. The highest BCUT2D eigenvalue weighted by Crippen LogP contribution is 2.40. The van der Waals surface area contributed by atoms with Crippen LogP contribution >= 0.6 is 15.9 Å². The van der Waals surface area contributed by atoms with Gasteiger partial charge in [-0.05, 0) is 42.7 Å². The predicted octanol–water partition coefficient (Wildman–Crippen LogP) is 2.16. The summed E-state index contributed by atoms with van der Waals surface area (Å²) in [6.45, 7) is 2.67. The second kappa shape index (κ2) is 8.98. The van der Waals surface area contributed by atoms with Crippen LogP contribution in [0.2, 0.25) is 0 Å². The minimum atomic E-state index is -1.84. The van der Waals surface area contributed by atoms with E-state index < -0.39 is 24.0 Å². The molecule has 2 aromatic rings. The number of hydrogen-bond acceptors (Lipinski definition) is 5. The van der Waals surface area contributed by atoms with E-state index in [9.17, 15) is 19.8 Å². The van der Waals surface area contributed by atoms with Crippen molar-refractivity contribution in [2.75, 3.05) is 18.4 Å². The van der Waals surface area contributed by atoms with E-state index in [-0.39, 0.29) is 18.0 Å². The Morgan fingerprint density at radius 3 is 2.58 bits per heavy atom. The molecule has 0 spiro atoms. The average Bonchev–Trinajstić information content (AvgIpc) is 3.15. The number of carbonyl (C=O) groups excluding carboxylic acids is 2. The highest BCUT2D eigenvalue weighted by atomic mass is 79.9. The predicted molar refractivity (Wildman–Crippen MR) is 121 cm³/mol. The Morgan fingerprint density at radius 2 is 1.84 bits per heavy atom. The number of aliphatic hydroxyl groups excluding tert-OH is 2. The maximum absolute atomic E-state index is 12.8. The van der Waals surface area contributed by atoms with Crippen molar-refractivity contribution in [1.29, 1.82) is 0 Å². The van der Waals surface area contributed by atoms with Crippen molar-refractivity contribution in [1.82, 2.24) is 10.2 Å². The summed E-state index contributed by atoms with van der Waals surface area (Å²) >= 11 is 3.36. The molecule has 8 heteroatoms. The lowest BCUT2D eigenvalue weighted by molar-refractivity contribution is -0.154. The molecule has 2 amide bonds. The fourth-order valence-electron chi connectivity index (χ4n) is 4.39. The number of amides is 2. The number of hydrogen-bond donors (Lipinski definition) is 4. The number of rotatable bonds is 5. The third-order valence-corrected chi connectivity index (χ3v) is 6.70. The summed E-state index contributed by atoms with van der Waals surface area (Å²) in [4.78, 5) is 26.9. The first-order chi connectivity index (χ1) is 14.8. The van der Waals surface area contributed by atoms with Crippen molar-refractivity contribution < 1.29 is 19.8 Å². The summed E-state index contributed by atoms with van der Waals surface area (Å²) in [7, 11) is 0. The van der Waals surface area contributed by atoms with E-state index in [4.69, 9.17) is 0 Å². The Balaban J connectivity index is 1.37. The number of benzene rings is 2. The number of piperidine rings is 1. The first-order valence-electron chi connectivity index (χ1n) is 10.4. The molecule has 0 aromatic heterocycles. The molecular weight excluding hydrogens is 462 g/mol. The van der Waals surface area contributed by atoms with Gasteiger partial charge in [0.05, 0.1) is 6.04 Å². The standard InChI is InChI=1S/C23H26BrN3O4/c1-13(14-6-8-15(24)9-7-14)25-22(30)20(28)21(29)23(31)27-11-10-19-17(12-27)16-4-2-3-5-18(16)26-19/h2-9,13,17,19-21,26,28-29H,10-12H2,1H3,(H,25,30)/t13-,17?,19?,20?,21?/m0/s1. The van der Waals surface area contributed by atoms with Crippen molar-refractivity contribution in [3.63, 3.8) is 0 Å². The lowest BCUT2D eigenvalue weighted by Gasteiger charge is -2.36. The van der Waals surface area contributed by atoms with Gasteiger partial charge in [-0.2, -0.15) is 0 Å². The number of para-hydroxylation sites is 1. The summed E-state index contributed by atoms with van der Waals surface area (Å²) in [6, 6.07) is 15.3. The van der Waals surface area contributed by atoms with E-state index in [1.807, 2.05) is 48.5 Å². The Bertz CT molecular complexity index is 968. The number of fused-ring (bicyclic) bond motifs is 3. The fraction of sp³-hybridized carbons (Fsp3) is 0.391. The number of halogens is 1. The van der Waals surface area contributed by atoms with Crippen LogP contribution in [0.1, 0.15) is 36.4 Å². The lowest BCUT2D eigenvalue weighted by Crippen LogP contribution is -2.54. The molecule has 2 heterocycles. The number of nitrogens with zero attached hydrogens (tertiary/aromatic N) is 1. The maximum Gasteiger partial charge on any atom is 0.254 e. The van der Waals surface area contributed by atoms with Crippen LogP contribution in [0, 0.1) is 0 Å². The van der Waals surface area contributed by atoms with Crippen molar-refractivity contribution >= 4 is 33.4 Å². The Labute approximate surface area is 189 Å². The van der Waals surface area contributed by atoms with Gasteiger partial charge in [0.2, 0.25) is 0 Å². The minimum Gasteiger partial charge on any atom is -0.381 e. The van der Waals surface area contributed by atoms with Crippen LogP contribution in [-0.4, -0.2) is 58.3 Å². The van der Waals surface area contributed by atoms with Gasteiger partial charge in [-0.1, -0.05) is 46.3 Å². The largest absolute Gasteiger partial charge is 0.381 e. The Morgan fingerprint density at radius 1 is 1.13 bits per heavy atom. The molecule has 2 aromatic carbocycles. The molecule has 31 heavy (non-hydrogen) atoms. The van der Waals surface area contributed by atoms with E-state index in [1.54, 1.807) is 11.8 Å². The Hall–Kier alpha value is -2.42. The van der Waals surface area contributed by atoms with E-state index >= 15 is 0 Å². The first kappa shape index (κ1) is 21.8. The number of carbonyl (C=O) groups is 2. The zero-order valence-electron chi connectivity index (χ0n) is 17.2. The van der Waals surface area contributed by atoms with Crippen molar-refractivity contribution in [2.24, 2.45) is 0 Å². The topological polar surface area (TPSA) is 102 Å². The molecule has 7 nitrogen and oxygen atoms in total. The number of likely N-dealkylation sites (tertiary alicyclic amines) is 1. The molecule has 164 valence electrons. The van der Waals surface area contributed by atoms with Crippen LogP contribution < -0.4 is 10.6 Å². The number of nitrogens with one attached hydrogen (secondary N) is 2. The molecular formula is C23H26BrN3O4. The maximum atomic E-state index is 12.8. The molecule has 2 aliphatic heterocycles. The minimum absolute atomic E-state index is 0.129. The molecule has 1 fully saturated rings. The van der Waals surface area contributed by atoms with Crippen LogP contribution in [0.25, 0.3) is 0 Å². The third-order valence-electron chi connectivity index (χ3n) is 6.18. The SMILES string of the molecule is C[C@H](NC(=O)C(O)C(O)C(=O)N1CCC2Nc3ccccc3C2C1)c1ccc(Br)cc1. The molecule has 0 radical (unpaired) electrons. The summed E-state index contributed by atoms with van der Waals surface area (Å²) in [5.74, 6) is -1.27. The highest BCUT2D eigenvalue weighted by Gasteiger charge is 2.41. The molecule has 0 aliphatic carbocycles. The quantitative estimate of drug-likeness (QED) is 0.517. The number of aliphatic hydroxyl groups is 2. The summed E-state index contributed by atoms with van der Waals surface area (Å²) in [5.41, 5.74) is 3.08. The zero-order valence-corrected chi connectivity index (χ0v) is 18.7. The van der Waals surface area contributed by atoms with Gasteiger partial charge >= 0.3 is 0 Å². The fourth-order valence-corrected chi connectivity index (χ4v) is 4.65. The van der Waals surface area contributed by atoms with E-state index in [0.717, 1.165) is 27.7 Å². The van der Waals surface area contributed by atoms with Gasteiger partial charge in [-0.3, -0.25) is 9.59 Å². The lowest BCUT2D eigenvalue weighted by atomic mass is 9.89. The summed E-state index contributed by atoms with van der Waals surface area (Å²) in [5, 5.41) is 26.9. The monoisotopic (exact) mass is 487 g/mol. The summed E-state index contributed by atoms with van der Waals surface area (Å²) in [6.07, 6.45) is -2.91. The Kier molecular flexibility index (Phi) is 6.31. The molecule has 4 rings (SSSR count). The normalized spacial score (nSPS) is 22.5. The van der Waals surface area contributed by atoms with E-state index in [2.05, 4.69) is 26.6 Å². The van der Waals surface area contributed by atoms with Gasteiger partial charge in [0, 0.05) is 35.2 Å². The second-order valence-corrected chi connectivity index (χ2v) is 9.10. The number of anilines is 1. The molecule has 1 saturated heterocycles. The molecule has 2 aliphatic rings. The van der Waals surface area contributed by atoms with Crippen LogP contribution in [-0.2, 0) is 9.59 Å². The molecule has 4 unspecified atom stereocenters. The van der Waals surface area contributed by atoms with Crippen LogP contribution in [0.3, 0.4) is 0 Å². The van der Waals surface area contributed by atoms with Gasteiger partial charge in [-0.25, -0.2) is 0 Å². The van der Waals surface area contributed by atoms with Crippen molar-refractivity contribution in [3.05, 3.63) is 64.1 Å². The molecule has 5 atom stereocenters. The van der Waals surface area contributed by atoms with Gasteiger partial charge in [0.15, 0.2) is 12.2 Å². The van der Waals surface area contributed by atoms with Gasteiger partial charge in [-0.15, -0.1) is 0 Å². The van der Waals surface area contributed by atoms with Crippen LogP contribution in [0.15, 0.2) is 53.0 Å². The third kappa shape index (κ3) is 4.46. The van der Waals surface area contributed by atoms with Crippen LogP contribution in [0.4, 0.5) is 5.69 Å². The van der Waals surface area contributed by atoms with Crippen molar-refractivity contribution in [3.8, 4) is 0 Å². The first-order valence-corrected chi connectivity index (χ1v) is 11.2. The van der Waals surface area contributed by atoms with Gasteiger partial charge < -0.3 is 25.7 Å². The second-order valence-electron chi connectivity index (χ2n) is 8.19. The highest BCUT2D eigenvalue weighted by molar-refractivity contribution is 9.10. The molecule has 4 N–H and O–H groups in total. The van der Waals surface area contributed by atoms with Gasteiger partial charge in [0.1, 0.15) is 0 Å². The van der Waals surface area contributed by atoms with Gasteiger partial charge in [0.25, 0.3) is 11.8 Å². The molecule has 0 saturated carbocycles. The van der Waals surface area contributed by atoms with E-state index in [0.29, 0.717) is 13.1 Å². The smallest absolute Gasteiger partial charge is 0.254 e. The van der Waals surface area contributed by atoms with Crippen LogP contribution in [0.5, 0.6) is 0 Å². The van der Waals surface area contributed by atoms with Crippen molar-refractivity contribution in [2.45, 2.75) is 43.6 Å². The molecule has 0 bridgehead atoms.